The van der Waals surface area contributed by atoms with Gasteiger partial charge in [0.2, 0.25) is 0 Å². The zero-order chi connectivity index (χ0) is 15.4. The Labute approximate surface area is 127 Å². The number of nitrogens with one attached hydrogen (secondary N) is 1. The Kier molecular flexibility index (Phi) is 5.17. The maximum atomic E-state index is 4.50. The van der Waals surface area contributed by atoms with Gasteiger partial charge in [-0.05, 0) is 50.8 Å². The van der Waals surface area contributed by atoms with Crippen molar-refractivity contribution in [1.29, 1.82) is 0 Å². The van der Waals surface area contributed by atoms with Crippen LogP contribution in [-0.4, -0.2) is 32.1 Å². The summed E-state index contributed by atoms with van der Waals surface area (Å²) < 4.78 is 3.85. The quantitative estimate of drug-likeness (QED) is 0.847. The molecule has 0 bridgehead atoms. The van der Waals surface area contributed by atoms with Gasteiger partial charge in [-0.1, -0.05) is 6.92 Å². The van der Waals surface area contributed by atoms with E-state index < -0.39 is 0 Å². The SMILES string of the molecule is CCNC(CCc1c(C)nn(C)c1C)Cc1cnn(C)c1. The largest absolute Gasteiger partial charge is 0.314 e. The molecule has 0 saturated heterocycles. The van der Waals surface area contributed by atoms with Crippen LogP contribution in [-0.2, 0) is 26.9 Å². The second-order valence-corrected chi connectivity index (χ2v) is 5.79. The van der Waals surface area contributed by atoms with E-state index in [0.29, 0.717) is 6.04 Å². The first-order valence-electron chi connectivity index (χ1n) is 7.71. The average molecular weight is 289 g/mol. The zero-order valence-electron chi connectivity index (χ0n) is 13.8. The van der Waals surface area contributed by atoms with Gasteiger partial charge in [0, 0.05) is 32.0 Å². The summed E-state index contributed by atoms with van der Waals surface area (Å²) in [6.45, 7) is 7.41. The molecule has 2 heterocycles. The molecule has 0 aliphatic rings. The summed E-state index contributed by atoms with van der Waals surface area (Å²) in [6, 6.07) is 0.484. The maximum absolute atomic E-state index is 4.50. The molecule has 21 heavy (non-hydrogen) atoms. The first-order chi connectivity index (χ1) is 10.0. The molecule has 2 rings (SSSR count). The standard InChI is InChI=1S/C16H27N5/c1-6-17-15(9-14-10-18-20(4)11-14)7-8-16-12(2)19-21(5)13(16)3/h10-11,15,17H,6-9H2,1-5H3. The highest BCUT2D eigenvalue weighted by molar-refractivity contribution is 5.24. The number of likely N-dealkylation sites (N-methyl/N-ethyl adjacent to an activating group) is 1. The fourth-order valence-corrected chi connectivity index (χ4v) is 2.92. The molecule has 5 nitrogen and oxygen atoms in total. The number of rotatable bonds is 7. The third kappa shape index (κ3) is 3.94. The highest BCUT2D eigenvalue weighted by Gasteiger charge is 2.14. The lowest BCUT2D eigenvalue weighted by Gasteiger charge is -2.17. The molecule has 0 amide bonds. The van der Waals surface area contributed by atoms with E-state index in [1.54, 1.807) is 0 Å². The predicted octanol–water partition coefficient (Wildman–Crippen LogP) is 1.92. The molecule has 2 aromatic rings. The van der Waals surface area contributed by atoms with Gasteiger partial charge in [-0.15, -0.1) is 0 Å². The van der Waals surface area contributed by atoms with Crippen LogP contribution < -0.4 is 5.32 Å². The van der Waals surface area contributed by atoms with Gasteiger partial charge in [0.1, 0.15) is 0 Å². The number of hydrogen-bond donors (Lipinski definition) is 1. The summed E-state index contributed by atoms with van der Waals surface area (Å²) in [6.07, 6.45) is 7.29. The first kappa shape index (κ1) is 15.8. The van der Waals surface area contributed by atoms with Crippen molar-refractivity contribution in [3.63, 3.8) is 0 Å². The molecule has 0 radical (unpaired) electrons. The van der Waals surface area contributed by atoms with Crippen LogP contribution in [0.2, 0.25) is 0 Å². The lowest BCUT2D eigenvalue weighted by atomic mass is 9.99. The van der Waals surface area contributed by atoms with Gasteiger partial charge < -0.3 is 5.32 Å². The van der Waals surface area contributed by atoms with Crippen LogP contribution in [0.4, 0.5) is 0 Å². The van der Waals surface area contributed by atoms with Crippen molar-refractivity contribution in [3.8, 4) is 0 Å². The van der Waals surface area contributed by atoms with Crippen LogP contribution in [0.15, 0.2) is 12.4 Å². The van der Waals surface area contributed by atoms with Gasteiger partial charge in [0.15, 0.2) is 0 Å². The third-order valence-corrected chi connectivity index (χ3v) is 4.13. The van der Waals surface area contributed by atoms with Crippen LogP contribution in [0.3, 0.4) is 0 Å². The Hall–Kier alpha value is -1.62. The van der Waals surface area contributed by atoms with Crippen molar-refractivity contribution in [1.82, 2.24) is 24.9 Å². The highest BCUT2D eigenvalue weighted by Crippen LogP contribution is 2.16. The van der Waals surface area contributed by atoms with Crippen molar-refractivity contribution >= 4 is 0 Å². The van der Waals surface area contributed by atoms with Crippen molar-refractivity contribution in [2.75, 3.05) is 6.54 Å². The number of aromatic nitrogens is 4. The Bertz CT molecular complexity index is 582. The van der Waals surface area contributed by atoms with E-state index in [0.717, 1.165) is 31.5 Å². The molecule has 0 aliphatic carbocycles. The number of nitrogens with zero attached hydrogens (tertiary/aromatic N) is 4. The van der Waals surface area contributed by atoms with E-state index in [2.05, 4.69) is 42.5 Å². The summed E-state index contributed by atoms with van der Waals surface area (Å²) in [7, 11) is 3.98. The van der Waals surface area contributed by atoms with Gasteiger partial charge >= 0.3 is 0 Å². The summed E-state index contributed by atoms with van der Waals surface area (Å²) >= 11 is 0. The lowest BCUT2D eigenvalue weighted by Crippen LogP contribution is -2.31. The van der Waals surface area contributed by atoms with E-state index in [-0.39, 0.29) is 0 Å². The molecule has 0 saturated carbocycles. The second-order valence-electron chi connectivity index (χ2n) is 5.79. The van der Waals surface area contributed by atoms with Crippen molar-refractivity contribution in [3.05, 3.63) is 34.9 Å². The molecule has 0 spiro atoms. The minimum Gasteiger partial charge on any atom is -0.314 e. The monoisotopic (exact) mass is 289 g/mol. The topological polar surface area (TPSA) is 47.7 Å². The van der Waals surface area contributed by atoms with Crippen LogP contribution in [0.5, 0.6) is 0 Å². The van der Waals surface area contributed by atoms with E-state index in [4.69, 9.17) is 0 Å². The van der Waals surface area contributed by atoms with Gasteiger partial charge in [-0.3, -0.25) is 9.36 Å². The number of hydrogen-bond acceptors (Lipinski definition) is 3. The molecule has 1 atom stereocenters. The molecule has 1 unspecified atom stereocenters. The van der Waals surface area contributed by atoms with E-state index in [1.165, 1.54) is 16.8 Å². The van der Waals surface area contributed by atoms with Crippen molar-refractivity contribution in [2.24, 2.45) is 14.1 Å². The maximum Gasteiger partial charge on any atom is 0.0628 e. The molecule has 0 aromatic carbocycles. The summed E-state index contributed by atoms with van der Waals surface area (Å²) in [5, 5.41) is 12.4. The predicted molar refractivity (Wildman–Crippen MR) is 85.4 cm³/mol. The Morgan fingerprint density at radius 3 is 2.57 bits per heavy atom. The minimum absolute atomic E-state index is 0.484. The van der Waals surface area contributed by atoms with Crippen LogP contribution in [0.25, 0.3) is 0 Å². The Balaban J connectivity index is 1.99. The van der Waals surface area contributed by atoms with Gasteiger partial charge in [-0.2, -0.15) is 10.2 Å². The first-order valence-corrected chi connectivity index (χ1v) is 7.71. The zero-order valence-corrected chi connectivity index (χ0v) is 13.8. The fourth-order valence-electron chi connectivity index (χ4n) is 2.92. The normalized spacial score (nSPS) is 12.8. The second kappa shape index (κ2) is 6.89. The highest BCUT2D eigenvalue weighted by atomic mass is 15.3. The lowest BCUT2D eigenvalue weighted by molar-refractivity contribution is 0.490. The molecule has 2 aromatic heterocycles. The van der Waals surface area contributed by atoms with Crippen LogP contribution in [0.1, 0.15) is 35.9 Å². The molecule has 1 N–H and O–H groups in total. The van der Waals surface area contributed by atoms with Gasteiger partial charge in [0.05, 0.1) is 11.9 Å². The van der Waals surface area contributed by atoms with Gasteiger partial charge in [0.25, 0.3) is 0 Å². The molecular weight excluding hydrogens is 262 g/mol. The Morgan fingerprint density at radius 1 is 1.29 bits per heavy atom. The number of aryl methyl sites for hydroxylation is 3. The van der Waals surface area contributed by atoms with Crippen LogP contribution in [0, 0.1) is 13.8 Å². The smallest absolute Gasteiger partial charge is 0.0628 e. The summed E-state index contributed by atoms with van der Waals surface area (Å²) in [5.41, 5.74) is 5.13. The molecule has 0 fully saturated rings. The van der Waals surface area contributed by atoms with Crippen molar-refractivity contribution in [2.45, 2.75) is 46.1 Å². The minimum atomic E-state index is 0.484. The molecule has 0 aliphatic heterocycles. The molecule has 116 valence electrons. The summed E-state index contributed by atoms with van der Waals surface area (Å²) in [5.74, 6) is 0. The third-order valence-electron chi connectivity index (χ3n) is 4.13. The van der Waals surface area contributed by atoms with Crippen LogP contribution >= 0.6 is 0 Å². The Morgan fingerprint density at radius 2 is 2.05 bits per heavy atom. The van der Waals surface area contributed by atoms with Crippen molar-refractivity contribution < 1.29 is 0 Å². The summed E-state index contributed by atoms with van der Waals surface area (Å²) in [4.78, 5) is 0. The van der Waals surface area contributed by atoms with Gasteiger partial charge in [-0.25, -0.2) is 0 Å². The molecular formula is C16H27N5. The average Bonchev–Trinajstić information content (AvgIpc) is 2.93. The van der Waals surface area contributed by atoms with E-state index in [1.807, 2.05) is 29.7 Å². The molecule has 5 heteroatoms. The fraction of sp³-hybridized carbons (Fsp3) is 0.625. The van der Waals surface area contributed by atoms with E-state index in [9.17, 15) is 0 Å². The van der Waals surface area contributed by atoms with E-state index >= 15 is 0 Å².